The van der Waals surface area contributed by atoms with Crippen molar-refractivity contribution in [3.05, 3.63) is 394 Å². The van der Waals surface area contributed by atoms with Crippen LogP contribution in [0.3, 0.4) is 0 Å². The Kier molecular flexibility index (Phi) is 25.6. The van der Waals surface area contributed by atoms with Gasteiger partial charge in [-0.05, 0) is 22.9 Å². The third kappa shape index (κ3) is 18.0. The van der Waals surface area contributed by atoms with Gasteiger partial charge in [-0.1, -0.05) is 24.3 Å². The van der Waals surface area contributed by atoms with Crippen LogP contribution in [0.15, 0.2) is 353 Å². The number of nitrogens with zero attached hydrogens (tertiary/aromatic N) is 3. The van der Waals surface area contributed by atoms with E-state index in [0.29, 0.717) is 115 Å². The summed E-state index contributed by atoms with van der Waals surface area (Å²) < 4.78 is 34.0. The Bertz CT molecular complexity index is 6290. The van der Waals surface area contributed by atoms with Gasteiger partial charge in [0.1, 0.15) is 0 Å². The van der Waals surface area contributed by atoms with Gasteiger partial charge in [0.25, 0.3) is 0 Å². The molecule has 12 aromatic carbocycles. The molecule has 1 N–H and O–H groups in total. The first-order chi connectivity index (χ1) is 57.3. The second kappa shape index (κ2) is 37.9. The molecule has 9 nitrogen and oxygen atoms in total. The van der Waals surface area contributed by atoms with E-state index in [2.05, 4.69) is 293 Å². The molecule has 4 aliphatic heterocycles. The number of ketones is 4. The van der Waals surface area contributed by atoms with E-state index in [-0.39, 0.29) is 92.6 Å². The van der Waals surface area contributed by atoms with Gasteiger partial charge in [-0.3, -0.25) is 9.59 Å². The van der Waals surface area contributed by atoms with E-state index in [4.69, 9.17) is 2.74 Å². The maximum absolute atomic E-state index is 13.3. The quantitative estimate of drug-likeness (QED) is 0.0343. The van der Waals surface area contributed by atoms with Crippen molar-refractivity contribution in [3.8, 4) is 0 Å². The molecule has 0 saturated carbocycles. The van der Waals surface area contributed by atoms with Gasteiger partial charge in [-0.15, -0.1) is 0 Å². The van der Waals surface area contributed by atoms with Gasteiger partial charge >= 0.3 is 661 Å². The minimum atomic E-state index is -0.561. The number of halogens is 1. The maximum atomic E-state index is 13.3. The molecular formula is C97H66IN4O5Se9-. The molecule has 0 fully saturated rings. The van der Waals surface area contributed by atoms with E-state index in [1.165, 1.54) is 88.2 Å². The van der Waals surface area contributed by atoms with Crippen LogP contribution in [0.25, 0.3) is 27.6 Å². The molecule has 0 radical (unpaired) electrons. The van der Waals surface area contributed by atoms with E-state index in [9.17, 15) is 24.0 Å². The topological polar surface area (TPSA) is 107 Å². The first-order valence-electron chi connectivity index (χ1n) is 37.3. The summed E-state index contributed by atoms with van der Waals surface area (Å²) in [6, 6.07) is 112. The molecule has 566 valence electrons. The zero-order valence-corrected chi connectivity index (χ0v) is 79.2. The summed E-state index contributed by atoms with van der Waals surface area (Å²) in [5, 5.41) is 7.32. The third-order valence-corrected chi connectivity index (χ3v) is 38.6. The summed E-state index contributed by atoms with van der Waals surface area (Å²) in [6.45, 7) is 0. The van der Waals surface area contributed by atoms with Gasteiger partial charge in [-0.2, -0.15) is 0 Å². The number of carbonyl (C=O) groups is 5. The molecule has 19 heteroatoms. The molecule has 6 aliphatic rings. The number of Topliss-reactive ketones (excluding diaryl/α,β-unsaturated/α-hetero) is 4. The molecule has 9 heterocycles. The Morgan fingerprint density at radius 3 is 1.02 bits per heavy atom. The van der Waals surface area contributed by atoms with Crippen molar-refractivity contribution in [1.29, 1.82) is 0 Å². The molecule has 5 aromatic heterocycles. The van der Waals surface area contributed by atoms with Gasteiger partial charge in [0.05, 0.1) is 6.42 Å². The fraction of sp³-hybridized carbons (Fsp3) is 0.0103. The third-order valence-electron chi connectivity index (χ3n) is 18.8. The van der Waals surface area contributed by atoms with Gasteiger partial charge < -0.3 is 7.43 Å². The average molecular weight is 2210 g/mol. The van der Waals surface area contributed by atoms with E-state index in [1.807, 2.05) is 78.9 Å². The summed E-state index contributed by atoms with van der Waals surface area (Å²) in [6.07, 6.45) is -0.528. The van der Waals surface area contributed by atoms with Crippen molar-refractivity contribution in [2.24, 2.45) is 0 Å². The number of carbonyl (C=O) groups excluding carboxylic acids is 5. The Balaban J connectivity index is 0.000000110. The zero-order valence-electron chi connectivity index (χ0n) is 63.6. The van der Waals surface area contributed by atoms with Crippen LogP contribution < -0.4 is 55.7 Å². The van der Waals surface area contributed by atoms with Crippen molar-refractivity contribution < 1.29 is 26.7 Å². The van der Waals surface area contributed by atoms with Crippen LogP contribution in [0.1, 0.15) is 64.3 Å². The molecule has 0 saturated heterocycles. The Labute approximate surface area is 745 Å². The van der Waals surface area contributed by atoms with Crippen LogP contribution in [0, 0.1) is 9.87 Å². The van der Waals surface area contributed by atoms with Crippen molar-refractivity contribution in [2.45, 2.75) is 6.42 Å². The Morgan fingerprint density at radius 1 is 0.336 bits per heavy atom. The van der Waals surface area contributed by atoms with Crippen LogP contribution in [-0.4, -0.2) is 162 Å². The number of benzene rings is 12. The molecule has 17 aromatic rings. The minimum absolute atomic E-state index is 0. The first-order valence-corrected chi connectivity index (χ1v) is 53.3. The molecule has 0 atom stereocenters. The summed E-state index contributed by atoms with van der Waals surface area (Å²) in [7, 11) is 0. The number of fused-ring (bicyclic) bond motifs is 12. The van der Waals surface area contributed by atoms with Crippen molar-refractivity contribution >= 4 is 307 Å². The van der Waals surface area contributed by atoms with Crippen LogP contribution in [0.2, 0.25) is 0 Å². The van der Waals surface area contributed by atoms with Crippen molar-refractivity contribution in [1.82, 2.24) is 0 Å². The SMILES string of the molecule is Ic1ccc[se]1.O=C1CC(=O)c2cc3ccccc3cc21.[2H]C(=C1C(=O)c2cc3ccccc3cc2C1=O)c1ccc(N2c3ccccc3[Se]c3ccccc32)[se]1.[2H]C(=O)c1ccc(N2c3ccccc3[Se]c3ccccc32)[se]1.[CH3-].c1c[se]c(N2c3ccccc3[Se]c3ccccc32)c1.c1cc[se]c1.c1ccc2c(c1)Nc1ccccc1[Se]2. The predicted octanol–water partition coefficient (Wildman–Crippen LogP) is 15.5. The molecule has 116 heavy (non-hydrogen) atoms. The average Bonchev–Trinajstić information content (AvgIpc) is 1.51. The summed E-state index contributed by atoms with van der Waals surface area (Å²) >= 11 is 5.28. The van der Waals surface area contributed by atoms with Crippen LogP contribution in [0.5, 0.6) is 0 Å². The number of anilines is 11. The van der Waals surface area contributed by atoms with Crippen molar-refractivity contribution in [3.63, 3.8) is 0 Å². The molecule has 0 unspecified atom stereocenters. The Morgan fingerprint density at radius 2 is 0.672 bits per heavy atom. The van der Waals surface area contributed by atoms with Gasteiger partial charge in [0.2, 0.25) is 0 Å². The zero-order chi connectivity index (χ0) is 79.9. The Hall–Kier alpha value is -8.74. The molecule has 0 amide bonds. The fourth-order valence-corrected chi connectivity index (χ4v) is 30.4. The van der Waals surface area contributed by atoms with Crippen LogP contribution in [0.4, 0.5) is 59.2 Å². The summed E-state index contributed by atoms with van der Waals surface area (Å²) in [4.78, 5) is 76.8. The summed E-state index contributed by atoms with van der Waals surface area (Å²) in [5.74, 6) is -0.791. The van der Waals surface area contributed by atoms with Gasteiger partial charge in [-0.25, -0.2) is 0 Å². The van der Waals surface area contributed by atoms with E-state index in [0.717, 1.165) is 35.1 Å². The molecular weight excluding hydrogens is 2140 g/mol. The monoisotopic (exact) mass is 2210 g/mol. The number of nitrogens with one attached hydrogen (secondary N) is 1. The number of hydrogen-bond acceptors (Lipinski definition) is 9. The van der Waals surface area contributed by atoms with E-state index < -0.39 is 6.26 Å². The van der Waals surface area contributed by atoms with Gasteiger partial charge in [0.15, 0.2) is 11.6 Å². The normalized spacial score (nSPS) is 13.1. The first kappa shape index (κ1) is 78.4. The van der Waals surface area contributed by atoms with Crippen LogP contribution >= 0.6 is 22.6 Å². The van der Waals surface area contributed by atoms with Crippen molar-refractivity contribution in [2.75, 3.05) is 20.0 Å². The second-order valence-electron chi connectivity index (χ2n) is 26.0. The standard InChI is InChI=1S/C30H17NO2Se2.C17H11NOSe2.C16H11NSe2.C13H8O2.C12H9NSe.C4H3ISe.C4H4Se.CH3/c32-29-21-15-18-7-1-2-8-19(18)16-22(21)30(33)23(29)17-20-13-14-28(34-20)31-24-9-3-5-11-26(24)35-27-12-6-4-10-25(27)31;19-11-12-9-10-17(20-12)18-13-5-1-3-7-15(13)21-16-8-4-2-6-14(16)18;1-3-8-14-12(6-1)17(16-10-5-11-18-16)13-7-2-4-9-15(13)19-14;14-12-7-13(15)11-6-9-4-2-1-3-8(9)5-10(11)12;1-3-7-11-9(5-1)13-10-6-2-4-8-12(10)14-11;5-4-2-1-3-6-4;1-2-4-5-3-1;/h1-17H;1-11H;1-11H;1-6H,7H2;1-8,13H;1-3H;1-4H;1H3/q;;;;;;;-1/i17D;11D;;;;;;. The fourth-order valence-electron chi connectivity index (χ4n) is 13.6. The predicted molar refractivity (Wildman–Crippen MR) is 500 cm³/mol. The number of rotatable bonds is 5. The number of hydrogen-bond donors (Lipinski definition) is 1. The summed E-state index contributed by atoms with van der Waals surface area (Å²) in [5.41, 5.74) is 12.0. The molecule has 23 rings (SSSR count). The number of allylic oxidation sites excluding steroid dienone is 1. The number of aldehydes is 1. The molecule has 0 bridgehead atoms. The van der Waals surface area contributed by atoms with E-state index in [1.54, 1.807) is 18.2 Å². The van der Waals surface area contributed by atoms with E-state index >= 15 is 0 Å². The van der Waals surface area contributed by atoms with Crippen LogP contribution in [-0.2, 0) is 0 Å². The van der Waals surface area contributed by atoms with Gasteiger partial charge in [0, 0.05) is 11.1 Å². The number of para-hydroxylation sites is 8. The molecule has 0 spiro atoms. The second-order valence-corrected chi connectivity index (χ2v) is 48.1. The molecule has 2 aliphatic carbocycles.